The molecule has 2 rings (SSSR count). The Hall–Kier alpha value is -1.31. The van der Waals surface area contributed by atoms with Crippen LogP contribution in [-0.4, -0.2) is 5.91 Å². The first-order chi connectivity index (χ1) is 6.27. The van der Waals surface area contributed by atoms with Crippen LogP contribution in [0.3, 0.4) is 0 Å². The lowest BCUT2D eigenvalue weighted by Gasteiger charge is -2.15. The summed E-state index contributed by atoms with van der Waals surface area (Å²) in [6, 6.07) is 5.80. The number of carbonyl (C=O) groups is 1. The normalized spacial score (nSPS) is 15.1. The molecule has 0 saturated heterocycles. The summed E-state index contributed by atoms with van der Waals surface area (Å²) in [4.78, 5) is 10.9. The van der Waals surface area contributed by atoms with Gasteiger partial charge in [0.25, 0.3) is 0 Å². The van der Waals surface area contributed by atoms with Crippen LogP contribution in [0.4, 0.5) is 0 Å². The maximum absolute atomic E-state index is 10.9. The molecule has 0 heterocycles. The smallest absolute Gasteiger partial charge is 0.248 e. The van der Waals surface area contributed by atoms with Crippen molar-refractivity contribution in [2.75, 3.05) is 0 Å². The Morgan fingerprint density at radius 3 is 2.54 bits per heavy atom. The molecule has 0 fully saturated rings. The Balaban J connectivity index is 2.40. The summed E-state index contributed by atoms with van der Waals surface area (Å²) < 4.78 is 0. The number of benzene rings is 1. The molecule has 1 aliphatic rings. The first-order valence-electron chi connectivity index (χ1n) is 4.69. The van der Waals surface area contributed by atoms with Gasteiger partial charge in [-0.05, 0) is 48.9 Å². The van der Waals surface area contributed by atoms with Gasteiger partial charge in [-0.1, -0.05) is 6.07 Å². The van der Waals surface area contributed by atoms with E-state index in [0.717, 1.165) is 12.8 Å². The van der Waals surface area contributed by atoms with Crippen LogP contribution in [-0.2, 0) is 12.8 Å². The van der Waals surface area contributed by atoms with Crippen LogP contribution in [0, 0.1) is 0 Å². The molecule has 0 saturated carbocycles. The number of hydrogen-bond donors (Lipinski definition) is 1. The molecular weight excluding hydrogens is 162 g/mol. The van der Waals surface area contributed by atoms with Gasteiger partial charge in [0.15, 0.2) is 0 Å². The van der Waals surface area contributed by atoms with Gasteiger partial charge in [-0.15, -0.1) is 0 Å². The minimum atomic E-state index is -0.326. The lowest BCUT2D eigenvalue weighted by Crippen LogP contribution is -2.12. The molecule has 1 aromatic carbocycles. The van der Waals surface area contributed by atoms with Crippen molar-refractivity contribution in [1.29, 1.82) is 0 Å². The molecule has 0 bridgehead atoms. The number of carbonyl (C=O) groups excluding carboxylic acids is 1. The number of rotatable bonds is 1. The van der Waals surface area contributed by atoms with E-state index in [-0.39, 0.29) is 5.91 Å². The second-order valence-electron chi connectivity index (χ2n) is 3.55. The molecule has 1 aromatic rings. The average molecular weight is 175 g/mol. The van der Waals surface area contributed by atoms with Crippen LogP contribution in [0.25, 0.3) is 0 Å². The van der Waals surface area contributed by atoms with Crippen molar-refractivity contribution in [3.05, 3.63) is 34.9 Å². The Kier molecular flexibility index (Phi) is 2.05. The first kappa shape index (κ1) is 8.30. The fourth-order valence-corrected chi connectivity index (χ4v) is 1.89. The molecule has 0 radical (unpaired) electrons. The van der Waals surface area contributed by atoms with Crippen molar-refractivity contribution in [3.8, 4) is 0 Å². The molecule has 0 unspecified atom stereocenters. The number of nitrogens with two attached hydrogens (primary N) is 1. The predicted octanol–water partition coefficient (Wildman–Crippen LogP) is 1.66. The van der Waals surface area contributed by atoms with Crippen LogP contribution < -0.4 is 5.73 Å². The van der Waals surface area contributed by atoms with Crippen LogP contribution in [0.1, 0.15) is 34.3 Å². The Labute approximate surface area is 77.8 Å². The highest BCUT2D eigenvalue weighted by Crippen LogP contribution is 2.21. The minimum Gasteiger partial charge on any atom is -0.366 e. The zero-order valence-electron chi connectivity index (χ0n) is 7.55. The Bertz CT molecular complexity index is 344. The highest BCUT2D eigenvalue weighted by atomic mass is 16.1. The van der Waals surface area contributed by atoms with Crippen LogP contribution in [0.5, 0.6) is 0 Å². The van der Waals surface area contributed by atoms with Crippen molar-refractivity contribution in [2.24, 2.45) is 5.73 Å². The zero-order valence-corrected chi connectivity index (χ0v) is 7.55. The number of aryl methyl sites for hydroxylation is 2. The van der Waals surface area contributed by atoms with E-state index in [9.17, 15) is 4.79 Å². The maximum Gasteiger partial charge on any atom is 0.248 e. The van der Waals surface area contributed by atoms with Gasteiger partial charge in [0.1, 0.15) is 0 Å². The molecule has 0 aliphatic heterocycles. The summed E-state index contributed by atoms with van der Waals surface area (Å²) in [5.74, 6) is -0.326. The quantitative estimate of drug-likeness (QED) is 0.693. The van der Waals surface area contributed by atoms with E-state index in [1.807, 2.05) is 18.2 Å². The van der Waals surface area contributed by atoms with Crippen molar-refractivity contribution in [3.63, 3.8) is 0 Å². The predicted molar refractivity (Wildman–Crippen MR) is 51.6 cm³/mol. The first-order valence-corrected chi connectivity index (χ1v) is 4.69. The van der Waals surface area contributed by atoms with Gasteiger partial charge >= 0.3 is 0 Å². The van der Waals surface area contributed by atoms with Gasteiger partial charge < -0.3 is 5.73 Å². The molecule has 0 aromatic heterocycles. The zero-order chi connectivity index (χ0) is 9.26. The fraction of sp³-hybridized carbons (Fsp3) is 0.364. The molecule has 68 valence electrons. The van der Waals surface area contributed by atoms with Gasteiger partial charge in [-0.2, -0.15) is 0 Å². The Morgan fingerprint density at radius 1 is 1.15 bits per heavy atom. The second kappa shape index (κ2) is 3.21. The number of fused-ring (bicyclic) bond motifs is 1. The molecule has 1 aliphatic carbocycles. The standard InChI is InChI=1S/C11H13NO/c12-11(13)10-6-5-8-3-1-2-4-9(8)7-10/h5-7H,1-4H2,(H2,12,13). The third kappa shape index (κ3) is 1.57. The van der Waals surface area contributed by atoms with Crippen molar-refractivity contribution < 1.29 is 4.79 Å². The van der Waals surface area contributed by atoms with Crippen LogP contribution in [0.15, 0.2) is 18.2 Å². The lowest BCUT2D eigenvalue weighted by molar-refractivity contribution is 0.1000. The van der Waals surface area contributed by atoms with Crippen molar-refractivity contribution in [1.82, 2.24) is 0 Å². The monoisotopic (exact) mass is 175 g/mol. The van der Waals surface area contributed by atoms with Crippen LogP contribution in [0.2, 0.25) is 0 Å². The summed E-state index contributed by atoms with van der Waals surface area (Å²) in [6.45, 7) is 0. The third-order valence-electron chi connectivity index (χ3n) is 2.63. The highest BCUT2D eigenvalue weighted by Gasteiger charge is 2.10. The van der Waals surface area contributed by atoms with E-state index in [0.29, 0.717) is 5.56 Å². The summed E-state index contributed by atoms with van der Waals surface area (Å²) in [6.07, 6.45) is 4.74. The highest BCUT2D eigenvalue weighted by molar-refractivity contribution is 5.93. The van der Waals surface area contributed by atoms with Crippen molar-refractivity contribution in [2.45, 2.75) is 25.7 Å². The average Bonchev–Trinajstić information content (AvgIpc) is 2.17. The molecule has 13 heavy (non-hydrogen) atoms. The topological polar surface area (TPSA) is 43.1 Å². The summed E-state index contributed by atoms with van der Waals surface area (Å²) in [5, 5.41) is 0. The molecule has 2 N–H and O–H groups in total. The van der Waals surface area contributed by atoms with Gasteiger partial charge in [0.05, 0.1) is 0 Å². The Morgan fingerprint density at radius 2 is 1.85 bits per heavy atom. The van der Waals surface area contributed by atoms with E-state index in [2.05, 4.69) is 0 Å². The van der Waals surface area contributed by atoms with Gasteiger partial charge in [0.2, 0.25) is 5.91 Å². The van der Waals surface area contributed by atoms with E-state index in [1.165, 1.54) is 24.0 Å². The molecular formula is C11H13NO. The number of amides is 1. The van der Waals surface area contributed by atoms with E-state index < -0.39 is 0 Å². The molecule has 0 atom stereocenters. The van der Waals surface area contributed by atoms with E-state index in [4.69, 9.17) is 5.73 Å². The summed E-state index contributed by atoms with van der Waals surface area (Å²) >= 11 is 0. The lowest BCUT2D eigenvalue weighted by atomic mass is 9.90. The molecule has 0 spiro atoms. The molecule has 2 heteroatoms. The second-order valence-corrected chi connectivity index (χ2v) is 3.55. The van der Waals surface area contributed by atoms with E-state index >= 15 is 0 Å². The molecule has 1 amide bonds. The summed E-state index contributed by atoms with van der Waals surface area (Å²) in [5.41, 5.74) is 8.54. The largest absolute Gasteiger partial charge is 0.366 e. The molecule has 2 nitrogen and oxygen atoms in total. The van der Waals surface area contributed by atoms with Gasteiger partial charge in [0, 0.05) is 5.56 Å². The van der Waals surface area contributed by atoms with Gasteiger partial charge in [-0.3, -0.25) is 4.79 Å². The fourth-order valence-electron chi connectivity index (χ4n) is 1.89. The third-order valence-corrected chi connectivity index (χ3v) is 2.63. The maximum atomic E-state index is 10.9. The minimum absolute atomic E-state index is 0.326. The van der Waals surface area contributed by atoms with Crippen molar-refractivity contribution >= 4 is 5.91 Å². The summed E-state index contributed by atoms with van der Waals surface area (Å²) in [7, 11) is 0. The van der Waals surface area contributed by atoms with E-state index in [1.54, 1.807) is 0 Å². The number of primary amides is 1. The number of hydrogen-bond acceptors (Lipinski definition) is 1. The van der Waals surface area contributed by atoms with Crippen LogP contribution >= 0.6 is 0 Å². The SMILES string of the molecule is NC(=O)c1ccc2c(c1)CCCC2. The van der Waals surface area contributed by atoms with Gasteiger partial charge in [-0.25, -0.2) is 0 Å².